The average Bonchev–Trinajstić information content (AvgIpc) is 2.13. The van der Waals surface area contributed by atoms with Crippen molar-refractivity contribution in [3.05, 3.63) is 0 Å². The molecule has 9 heavy (non-hydrogen) atoms. The van der Waals surface area contributed by atoms with Crippen LogP contribution >= 0.6 is 8.58 Å². The molecule has 1 aliphatic rings. The van der Waals surface area contributed by atoms with Crippen molar-refractivity contribution in [1.29, 1.82) is 0 Å². The molecule has 0 aromatic heterocycles. The molecule has 1 saturated carbocycles. The predicted molar refractivity (Wildman–Crippen MR) is 45.7 cm³/mol. The summed E-state index contributed by atoms with van der Waals surface area (Å²) in [4.78, 5) is 0. The van der Waals surface area contributed by atoms with Crippen molar-refractivity contribution in [2.75, 3.05) is 6.66 Å². The van der Waals surface area contributed by atoms with E-state index in [2.05, 4.69) is 6.66 Å². The predicted octanol–water partition coefficient (Wildman–Crippen LogP) is 3.02. The molecule has 0 spiro atoms. The molecule has 1 atom stereocenters. The van der Waals surface area contributed by atoms with Crippen LogP contribution in [-0.4, -0.2) is 12.3 Å². The third-order valence-corrected chi connectivity index (χ3v) is 3.66. The fourth-order valence-electron chi connectivity index (χ4n) is 1.57. The molecule has 0 bridgehead atoms. The van der Waals surface area contributed by atoms with Gasteiger partial charge in [-0.05, 0) is 25.2 Å². The minimum atomic E-state index is 1.10. The highest BCUT2D eigenvalue weighted by molar-refractivity contribution is 7.37. The van der Waals surface area contributed by atoms with Crippen LogP contribution in [0, 0.1) is 0 Å². The van der Waals surface area contributed by atoms with Crippen LogP contribution in [0.25, 0.3) is 0 Å². The second-order valence-electron chi connectivity index (χ2n) is 2.98. The van der Waals surface area contributed by atoms with Gasteiger partial charge in [-0.3, -0.25) is 0 Å². The van der Waals surface area contributed by atoms with Crippen molar-refractivity contribution in [1.82, 2.24) is 0 Å². The number of hydrogen-bond donors (Lipinski definition) is 0. The topological polar surface area (TPSA) is 0 Å². The molecular weight excluding hydrogens is 127 g/mol. The molecular formula is C8H17P. The largest absolute Gasteiger partial charge is 0.122 e. The van der Waals surface area contributed by atoms with Crippen molar-refractivity contribution in [2.45, 2.75) is 44.2 Å². The Hall–Kier alpha value is 0.430. The second-order valence-corrected chi connectivity index (χ2v) is 4.37. The molecule has 0 aromatic carbocycles. The normalized spacial score (nSPS) is 25.0. The van der Waals surface area contributed by atoms with Crippen LogP contribution in [0.4, 0.5) is 0 Å². The number of rotatable bonds is 1. The van der Waals surface area contributed by atoms with Gasteiger partial charge in [0.15, 0.2) is 0 Å². The maximum Gasteiger partial charge on any atom is -0.0239 e. The Morgan fingerprint density at radius 2 is 1.56 bits per heavy atom. The minimum Gasteiger partial charge on any atom is -0.122 e. The highest BCUT2D eigenvalue weighted by Crippen LogP contribution is 2.28. The van der Waals surface area contributed by atoms with E-state index < -0.39 is 0 Å². The SMILES string of the molecule is CPC1CCCCCC1. The maximum absolute atomic E-state index is 2.36. The molecule has 0 aromatic rings. The summed E-state index contributed by atoms with van der Waals surface area (Å²) in [5, 5.41) is 0. The molecule has 0 amide bonds. The Kier molecular flexibility index (Phi) is 3.58. The zero-order valence-corrected chi connectivity index (χ0v) is 7.32. The van der Waals surface area contributed by atoms with Gasteiger partial charge < -0.3 is 0 Å². The first kappa shape index (κ1) is 7.54. The average molecular weight is 144 g/mol. The Bertz CT molecular complexity index is 63.0. The van der Waals surface area contributed by atoms with Crippen molar-refractivity contribution < 1.29 is 0 Å². The Balaban J connectivity index is 2.18. The van der Waals surface area contributed by atoms with Gasteiger partial charge in [0.2, 0.25) is 0 Å². The molecule has 1 rings (SSSR count). The highest BCUT2D eigenvalue weighted by Gasteiger charge is 2.08. The molecule has 1 heteroatoms. The van der Waals surface area contributed by atoms with E-state index in [9.17, 15) is 0 Å². The lowest BCUT2D eigenvalue weighted by Gasteiger charge is -2.08. The third-order valence-electron chi connectivity index (χ3n) is 2.26. The Morgan fingerprint density at radius 1 is 1.00 bits per heavy atom. The standard InChI is InChI=1S/C8H17P/c1-9-8-6-4-2-3-5-7-8/h8-9H,2-7H2,1H3. The first-order valence-corrected chi connectivity index (χ1v) is 5.68. The van der Waals surface area contributed by atoms with E-state index in [-0.39, 0.29) is 0 Å². The van der Waals surface area contributed by atoms with Crippen LogP contribution in [0.3, 0.4) is 0 Å². The lowest BCUT2D eigenvalue weighted by molar-refractivity contribution is 0.702. The molecule has 1 fully saturated rings. The van der Waals surface area contributed by atoms with Gasteiger partial charge in [-0.25, -0.2) is 0 Å². The lowest BCUT2D eigenvalue weighted by atomic mass is 10.2. The van der Waals surface area contributed by atoms with E-state index in [1.807, 2.05) is 0 Å². The summed E-state index contributed by atoms with van der Waals surface area (Å²) in [7, 11) is 1.20. The fourth-order valence-corrected chi connectivity index (χ4v) is 2.55. The van der Waals surface area contributed by atoms with E-state index in [0.717, 1.165) is 5.66 Å². The van der Waals surface area contributed by atoms with Crippen LogP contribution in [-0.2, 0) is 0 Å². The molecule has 0 nitrogen and oxygen atoms in total. The van der Waals surface area contributed by atoms with Gasteiger partial charge in [0.05, 0.1) is 0 Å². The monoisotopic (exact) mass is 144 g/mol. The van der Waals surface area contributed by atoms with Gasteiger partial charge in [-0.1, -0.05) is 25.7 Å². The maximum atomic E-state index is 2.36. The summed E-state index contributed by atoms with van der Waals surface area (Å²) in [5.74, 6) is 0. The summed E-state index contributed by atoms with van der Waals surface area (Å²) in [6.07, 6.45) is 9.06. The van der Waals surface area contributed by atoms with Crippen LogP contribution in [0.1, 0.15) is 38.5 Å². The van der Waals surface area contributed by atoms with Gasteiger partial charge in [0.25, 0.3) is 0 Å². The minimum absolute atomic E-state index is 1.10. The first-order valence-electron chi connectivity index (χ1n) is 4.11. The summed E-state index contributed by atoms with van der Waals surface area (Å²) < 4.78 is 0. The molecule has 0 saturated heterocycles. The molecule has 0 aliphatic heterocycles. The summed E-state index contributed by atoms with van der Waals surface area (Å²) in [5.41, 5.74) is 1.10. The van der Waals surface area contributed by atoms with Gasteiger partial charge in [-0.2, -0.15) is 0 Å². The molecule has 1 aliphatic carbocycles. The van der Waals surface area contributed by atoms with Crippen molar-refractivity contribution in [2.24, 2.45) is 0 Å². The molecule has 0 heterocycles. The second kappa shape index (κ2) is 4.28. The van der Waals surface area contributed by atoms with Gasteiger partial charge in [-0.15, -0.1) is 8.58 Å². The molecule has 0 radical (unpaired) electrons. The van der Waals surface area contributed by atoms with Crippen molar-refractivity contribution in [3.8, 4) is 0 Å². The van der Waals surface area contributed by atoms with Crippen molar-refractivity contribution in [3.63, 3.8) is 0 Å². The molecule has 54 valence electrons. The van der Waals surface area contributed by atoms with Crippen LogP contribution in [0.5, 0.6) is 0 Å². The van der Waals surface area contributed by atoms with Gasteiger partial charge >= 0.3 is 0 Å². The van der Waals surface area contributed by atoms with E-state index in [1.165, 1.54) is 47.1 Å². The van der Waals surface area contributed by atoms with Crippen molar-refractivity contribution >= 4 is 8.58 Å². The summed E-state index contributed by atoms with van der Waals surface area (Å²) >= 11 is 0. The zero-order chi connectivity index (χ0) is 6.53. The number of hydrogen-bond acceptors (Lipinski definition) is 0. The highest BCUT2D eigenvalue weighted by atomic mass is 31.1. The quantitative estimate of drug-likeness (QED) is 0.392. The van der Waals surface area contributed by atoms with E-state index in [0.29, 0.717) is 0 Å². The Labute approximate surface area is 60.2 Å². The molecule has 0 N–H and O–H groups in total. The van der Waals surface area contributed by atoms with Gasteiger partial charge in [0, 0.05) is 0 Å². The van der Waals surface area contributed by atoms with E-state index in [1.54, 1.807) is 0 Å². The summed E-state index contributed by atoms with van der Waals surface area (Å²) in [6.45, 7) is 2.36. The lowest BCUT2D eigenvalue weighted by Crippen LogP contribution is -1.95. The Morgan fingerprint density at radius 3 is 2.00 bits per heavy atom. The molecule has 1 unspecified atom stereocenters. The fraction of sp³-hybridized carbons (Fsp3) is 1.00. The van der Waals surface area contributed by atoms with Crippen LogP contribution < -0.4 is 0 Å². The van der Waals surface area contributed by atoms with E-state index in [4.69, 9.17) is 0 Å². The smallest absolute Gasteiger partial charge is 0.0239 e. The summed E-state index contributed by atoms with van der Waals surface area (Å²) in [6, 6.07) is 0. The van der Waals surface area contributed by atoms with Crippen LogP contribution in [0.2, 0.25) is 0 Å². The zero-order valence-electron chi connectivity index (χ0n) is 6.32. The first-order chi connectivity index (χ1) is 4.43. The van der Waals surface area contributed by atoms with E-state index >= 15 is 0 Å². The third kappa shape index (κ3) is 2.67. The van der Waals surface area contributed by atoms with Gasteiger partial charge in [0.1, 0.15) is 0 Å². The van der Waals surface area contributed by atoms with Crippen LogP contribution in [0.15, 0.2) is 0 Å².